The highest BCUT2D eigenvalue weighted by Crippen LogP contribution is 2.28. The fraction of sp³-hybridized carbons (Fsp3) is 0.231. The first-order valence-electron chi connectivity index (χ1n) is 5.29. The Kier molecular flexibility index (Phi) is 3.06. The van der Waals surface area contributed by atoms with Crippen molar-refractivity contribution in [2.75, 3.05) is 7.11 Å². The molecular formula is C13H13NO3. The molecule has 0 aliphatic rings. The number of nitrogens with zero attached hydrogens (tertiary/aromatic N) is 1. The number of carboxylic acids is 1. The van der Waals surface area contributed by atoms with Gasteiger partial charge in [0.2, 0.25) is 0 Å². The summed E-state index contributed by atoms with van der Waals surface area (Å²) in [5, 5.41) is 10.00. The lowest BCUT2D eigenvalue weighted by Gasteiger charge is -2.15. The molecule has 1 aromatic carbocycles. The predicted octanol–water partition coefficient (Wildman–Crippen LogP) is 2.64. The number of fused-ring (bicyclic) bond motifs is 1. The Hall–Kier alpha value is -1.94. The minimum atomic E-state index is -0.984. The molecule has 1 atom stereocenters. The van der Waals surface area contributed by atoms with Gasteiger partial charge in [0.05, 0.1) is 17.2 Å². The van der Waals surface area contributed by atoms with E-state index in [0.717, 1.165) is 10.9 Å². The number of methoxy groups -OCH3 is 1. The van der Waals surface area contributed by atoms with Gasteiger partial charge < -0.3 is 9.84 Å². The van der Waals surface area contributed by atoms with Gasteiger partial charge in [-0.25, -0.2) is 4.79 Å². The summed E-state index contributed by atoms with van der Waals surface area (Å²) in [6.07, 6.45) is 1.10. The Bertz CT molecular complexity index is 566. The predicted molar refractivity (Wildman–Crippen MR) is 64.1 cm³/mol. The molecule has 0 radical (unpaired) electrons. The van der Waals surface area contributed by atoms with Crippen molar-refractivity contribution in [2.45, 2.75) is 13.0 Å². The molecule has 4 heteroatoms. The topological polar surface area (TPSA) is 59.4 Å². The second kappa shape index (κ2) is 4.51. The average Bonchev–Trinajstić information content (AvgIpc) is 2.36. The molecule has 0 saturated carbocycles. The fourth-order valence-electron chi connectivity index (χ4n) is 1.89. The van der Waals surface area contributed by atoms with E-state index in [1.807, 2.05) is 31.2 Å². The number of hydrogen-bond donors (Lipinski definition) is 1. The maximum atomic E-state index is 11.2. The van der Waals surface area contributed by atoms with Crippen LogP contribution in [0, 0.1) is 0 Å². The molecular weight excluding hydrogens is 218 g/mol. The van der Waals surface area contributed by atoms with Gasteiger partial charge in [0.15, 0.2) is 0 Å². The number of rotatable bonds is 3. The van der Waals surface area contributed by atoms with Crippen LogP contribution in [0.2, 0.25) is 0 Å². The summed E-state index contributed by atoms with van der Waals surface area (Å²) in [6, 6.07) is 7.45. The van der Waals surface area contributed by atoms with Crippen LogP contribution in [0.25, 0.3) is 10.9 Å². The number of carbonyl (C=O) groups is 1. The number of aromatic carboxylic acids is 1. The molecule has 0 bridgehead atoms. The molecule has 0 saturated heterocycles. The SMILES string of the molecule is COC(C)c1c(C(=O)O)cnc2ccccc12. The molecule has 2 rings (SSSR count). The zero-order valence-corrected chi connectivity index (χ0v) is 9.68. The van der Waals surface area contributed by atoms with Crippen LogP contribution in [-0.4, -0.2) is 23.2 Å². The van der Waals surface area contributed by atoms with E-state index < -0.39 is 5.97 Å². The molecule has 0 spiro atoms. The zero-order chi connectivity index (χ0) is 12.4. The molecule has 1 heterocycles. The van der Waals surface area contributed by atoms with E-state index in [0.29, 0.717) is 5.56 Å². The number of pyridine rings is 1. The van der Waals surface area contributed by atoms with Crippen molar-refractivity contribution in [1.29, 1.82) is 0 Å². The first-order valence-corrected chi connectivity index (χ1v) is 5.29. The van der Waals surface area contributed by atoms with E-state index in [1.165, 1.54) is 6.20 Å². The first-order chi connectivity index (χ1) is 8.15. The summed E-state index contributed by atoms with van der Waals surface area (Å²) in [5.41, 5.74) is 1.64. The van der Waals surface area contributed by atoms with Crippen LogP contribution < -0.4 is 0 Å². The summed E-state index contributed by atoms with van der Waals surface area (Å²) < 4.78 is 5.24. The number of carboxylic acid groups (broad SMARTS) is 1. The van der Waals surface area contributed by atoms with Gasteiger partial charge >= 0.3 is 5.97 Å². The Labute approximate surface area is 98.9 Å². The summed E-state index contributed by atoms with van der Waals surface area (Å²) in [6.45, 7) is 1.83. The molecule has 0 amide bonds. The lowest BCUT2D eigenvalue weighted by molar-refractivity contribution is 0.0683. The van der Waals surface area contributed by atoms with Gasteiger partial charge in [0, 0.05) is 24.3 Å². The van der Waals surface area contributed by atoms with Crippen LogP contribution in [0.5, 0.6) is 0 Å². The molecule has 1 N–H and O–H groups in total. The van der Waals surface area contributed by atoms with Crippen LogP contribution in [0.1, 0.15) is 28.9 Å². The molecule has 4 nitrogen and oxygen atoms in total. The third-order valence-electron chi connectivity index (χ3n) is 2.81. The smallest absolute Gasteiger partial charge is 0.337 e. The Morgan fingerprint density at radius 3 is 2.76 bits per heavy atom. The third kappa shape index (κ3) is 1.99. The second-order valence-corrected chi connectivity index (χ2v) is 3.79. The molecule has 17 heavy (non-hydrogen) atoms. The normalized spacial score (nSPS) is 12.6. The van der Waals surface area contributed by atoms with E-state index in [4.69, 9.17) is 4.74 Å². The standard InChI is InChI=1S/C13H13NO3/c1-8(17-2)12-9-5-3-4-6-11(9)14-7-10(12)13(15)16/h3-8H,1-2H3,(H,15,16). The highest BCUT2D eigenvalue weighted by molar-refractivity contribution is 5.96. The van der Waals surface area contributed by atoms with Crippen molar-refractivity contribution >= 4 is 16.9 Å². The Morgan fingerprint density at radius 2 is 2.12 bits per heavy atom. The average molecular weight is 231 g/mol. The summed E-state index contributed by atoms with van der Waals surface area (Å²) in [7, 11) is 1.56. The largest absolute Gasteiger partial charge is 0.478 e. The zero-order valence-electron chi connectivity index (χ0n) is 9.68. The van der Waals surface area contributed by atoms with Crippen LogP contribution in [0.4, 0.5) is 0 Å². The number of hydrogen-bond acceptors (Lipinski definition) is 3. The minimum absolute atomic E-state index is 0.193. The van der Waals surface area contributed by atoms with Crippen molar-refractivity contribution in [3.05, 3.63) is 41.6 Å². The van der Waals surface area contributed by atoms with Gasteiger partial charge in [0.1, 0.15) is 0 Å². The first kappa shape index (κ1) is 11.5. The molecule has 0 aliphatic carbocycles. The number of para-hydroxylation sites is 1. The maximum Gasteiger partial charge on any atom is 0.337 e. The van der Waals surface area contributed by atoms with Crippen LogP contribution in [0.3, 0.4) is 0 Å². The van der Waals surface area contributed by atoms with Crippen molar-refractivity contribution in [2.24, 2.45) is 0 Å². The maximum absolute atomic E-state index is 11.2. The summed E-state index contributed by atoms with van der Waals surface area (Å²) >= 11 is 0. The number of benzene rings is 1. The van der Waals surface area contributed by atoms with E-state index >= 15 is 0 Å². The van der Waals surface area contributed by atoms with Crippen molar-refractivity contribution in [3.63, 3.8) is 0 Å². The Morgan fingerprint density at radius 1 is 1.41 bits per heavy atom. The van der Waals surface area contributed by atoms with E-state index in [9.17, 15) is 9.90 Å². The van der Waals surface area contributed by atoms with Crippen LogP contribution in [-0.2, 0) is 4.74 Å². The van der Waals surface area contributed by atoms with Crippen molar-refractivity contribution in [3.8, 4) is 0 Å². The molecule has 0 aliphatic heterocycles. The minimum Gasteiger partial charge on any atom is -0.478 e. The molecule has 0 fully saturated rings. The molecule has 1 aromatic heterocycles. The van der Waals surface area contributed by atoms with Gasteiger partial charge in [0.25, 0.3) is 0 Å². The Balaban J connectivity index is 2.79. The van der Waals surface area contributed by atoms with Crippen LogP contribution >= 0.6 is 0 Å². The highest BCUT2D eigenvalue weighted by Gasteiger charge is 2.18. The second-order valence-electron chi connectivity index (χ2n) is 3.79. The van der Waals surface area contributed by atoms with Gasteiger partial charge in [-0.3, -0.25) is 4.98 Å². The number of aromatic nitrogens is 1. The number of ether oxygens (including phenoxy) is 1. The van der Waals surface area contributed by atoms with Gasteiger partial charge in [-0.1, -0.05) is 18.2 Å². The van der Waals surface area contributed by atoms with Crippen molar-refractivity contribution in [1.82, 2.24) is 4.98 Å². The highest BCUT2D eigenvalue weighted by atomic mass is 16.5. The van der Waals surface area contributed by atoms with Crippen molar-refractivity contribution < 1.29 is 14.6 Å². The lowest BCUT2D eigenvalue weighted by atomic mass is 9.99. The van der Waals surface area contributed by atoms with Gasteiger partial charge in [-0.15, -0.1) is 0 Å². The fourth-order valence-corrected chi connectivity index (χ4v) is 1.89. The third-order valence-corrected chi connectivity index (χ3v) is 2.81. The van der Waals surface area contributed by atoms with Gasteiger partial charge in [-0.05, 0) is 13.0 Å². The lowest BCUT2D eigenvalue weighted by Crippen LogP contribution is -2.08. The summed E-state index contributed by atoms with van der Waals surface area (Å²) in [4.78, 5) is 15.3. The quantitative estimate of drug-likeness (QED) is 0.882. The molecule has 1 unspecified atom stereocenters. The van der Waals surface area contributed by atoms with E-state index in [1.54, 1.807) is 7.11 Å². The van der Waals surface area contributed by atoms with Gasteiger partial charge in [-0.2, -0.15) is 0 Å². The van der Waals surface area contributed by atoms with E-state index in [-0.39, 0.29) is 11.7 Å². The van der Waals surface area contributed by atoms with E-state index in [2.05, 4.69) is 4.98 Å². The molecule has 2 aromatic rings. The van der Waals surface area contributed by atoms with Crippen LogP contribution in [0.15, 0.2) is 30.5 Å². The summed E-state index contributed by atoms with van der Waals surface area (Å²) in [5.74, 6) is -0.984. The monoisotopic (exact) mass is 231 g/mol. The molecule has 88 valence electrons.